The predicted octanol–water partition coefficient (Wildman–Crippen LogP) is 5.50. The monoisotopic (exact) mass is 876 g/mol. The third-order valence-electron chi connectivity index (χ3n) is 11.2. The topological polar surface area (TPSA) is 195 Å². The van der Waals surface area contributed by atoms with Crippen LogP contribution in [0.25, 0.3) is 0 Å². The molecule has 0 radical (unpaired) electrons. The Kier molecular flexibility index (Phi) is 21.5. The largest absolute Gasteiger partial charge is 0.508 e. The van der Waals surface area contributed by atoms with E-state index in [0.717, 1.165) is 0 Å². The van der Waals surface area contributed by atoms with Crippen molar-refractivity contribution in [1.29, 1.82) is 0 Å². The highest BCUT2D eigenvalue weighted by Gasteiger charge is 2.38. The number of aromatic hydroxyl groups is 1. The SMILES string of the molecule is CC(=O)CCC1C(=O)NC(C(C)C)C(=O)NC(Cc2cccc(O)c2)C(=O)N2CCCC(N2)C(=O)OC(C(C)=CC=CC(=O)N(CC(C)C)CC(C)C)CC=CC=CCC(C)C1O. The lowest BCUT2D eigenvalue weighted by Crippen LogP contribution is -2.62. The molecule has 14 nitrogen and oxygen atoms in total. The average molecular weight is 876 g/mol. The first kappa shape index (κ1) is 52.3. The van der Waals surface area contributed by atoms with Gasteiger partial charge in [-0.1, -0.05) is 97.1 Å². The maximum atomic E-state index is 14.4. The van der Waals surface area contributed by atoms with Crippen LogP contribution >= 0.6 is 0 Å². The molecule has 2 heterocycles. The molecule has 14 heteroatoms. The van der Waals surface area contributed by atoms with E-state index in [1.54, 1.807) is 38.1 Å². The molecule has 0 saturated carbocycles. The number of ketones is 1. The number of benzene rings is 1. The van der Waals surface area contributed by atoms with Crippen molar-refractivity contribution in [3.05, 3.63) is 77.9 Å². The smallest absolute Gasteiger partial charge is 0.325 e. The summed E-state index contributed by atoms with van der Waals surface area (Å²) in [4.78, 5) is 83.5. The molecule has 2 aliphatic heterocycles. The van der Waals surface area contributed by atoms with Crippen molar-refractivity contribution < 1.29 is 43.7 Å². The first-order valence-electron chi connectivity index (χ1n) is 22.6. The standard InChI is InChI=1S/C49H73N5O9/c1-31(2)29-53(30-32(3)4)43(57)23-14-18-34(7)42-22-13-11-10-12-17-35(8)45(58)39(25-24-36(9)55)46(59)51-44(33(5)6)47(60)50-41(28-37-19-15-20-38(56)27-37)48(61)54-26-16-21-40(52-54)49(62)63-42/h10-15,18-20,23,27,31-33,35,39-42,44-45,52,56,58H,16-17,21-22,24-26,28-30H2,1-9H3,(H,50,60)(H,51,59). The molecule has 2 bridgehead atoms. The lowest BCUT2D eigenvalue weighted by molar-refractivity contribution is -0.156. The van der Waals surface area contributed by atoms with E-state index >= 15 is 0 Å². The zero-order valence-corrected chi connectivity index (χ0v) is 38.8. The van der Waals surface area contributed by atoms with Crippen molar-refractivity contribution in [2.24, 2.45) is 29.6 Å². The number of carbonyl (C=O) groups is 6. The summed E-state index contributed by atoms with van der Waals surface area (Å²) in [6, 6.07) is 3.14. The molecule has 0 aromatic heterocycles. The van der Waals surface area contributed by atoms with E-state index in [0.29, 0.717) is 61.7 Å². The Morgan fingerprint density at radius 1 is 0.952 bits per heavy atom. The summed E-state index contributed by atoms with van der Waals surface area (Å²) in [7, 11) is 0. The van der Waals surface area contributed by atoms with E-state index in [1.165, 1.54) is 30.1 Å². The minimum atomic E-state index is -1.18. The molecule has 3 rings (SSSR count). The van der Waals surface area contributed by atoms with Crippen LogP contribution in [0.15, 0.2) is 72.4 Å². The van der Waals surface area contributed by atoms with Gasteiger partial charge in [-0.3, -0.25) is 29.0 Å². The molecule has 2 aliphatic rings. The van der Waals surface area contributed by atoms with Gasteiger partial charge in [0, 0.05) is 45.0 Å². The lowest BCUT2D eigenvalue weighted by Gasteiger charge is -2.36. The summed E-state index contributed by atoms with van der Waals surface area (Å²) in [6.45, 7) is 18.3. The second-order valence-corrected chi connectivity index (χ2v) is 18.3. The summed E-state index contributed by atoms with van der Waals surface area (Å²) in [5.41, 5.74) is 4.30. The molecule has 7 unspecified atom stereocenters. The Morgan fingerprint density at radius 3 is 2.24 bits per heavy atom. The van der Waals surface area contributed by atoms with Gasteiger partial charge < -0.3 is 35.3 Å². The summed E-state index contributed by atoms with van der Waals surface area (Å²) in [5.74, 6) is -3.83. The van der Waals surface area contributed by atoms with Gasteiger partial charge in [0.1, 0.15) is 35.8 Å². The van der Waals surface area contributed by atoms with E-state index < -0.39 is 71.8 Å². The van der Waals surface area contributed by atoms with Crippen LogP contribution in [0.5, 0.6) is 5.75 Å². The second kappa shape index (κ2) is 25.9. The fourth-order valence-electron chi connectivity index (χ4n) is 7.66. The minimum absolute atomic E-state index is 0.0167. The van der Waals surface area contributed by atoms with Crippen molar-refractivity contribution >= 4 is 35.4 Å². The Labute approximate surface area is 374 Å². The Hall–Kier alpha value is -5.08. The molecule has 348 valence electrons. The van der Waals surface area contributed by atoms with E-state index in [-0.39, 0.29) is 43.2 Å². The Morgan fingerprint density at radius 2 is 1.62 bits per heavy atom. The number of Topliss-reactive ketones (excluding diaryl/α,β-unsaturated/α-hetero) is 1. The zero-order valence-electron chi connectivity index (χ0n) is 38.8. The molecule has 1 saturated heterocycles. The average Bonchev–Trinajstić information content (AvgIpc) is 3.21. The van der Waals surface area contributed by atoms with Gasteiger partial charge in [-0.15, -0.1) is 0 Å². The fraction of sp³-hybridized carbons (Fsp3) is 0.592. The molecule has 5 N–H and O–H groups in total. The van der Waals surface area contributed by atoms with Gasteiger partial charge in [0.05, 0.1) is 12.0 Å². The summed E-state index contributed by atoms with van der Waals surface area (Å²) in [5, 5.41) is 28.7. The number of phenols is 1. The first-order chi connectivity index (χ1) is 29.8. The number of esters is 1. The number of hydrogen-bond donors (Lipinski definition) is 5. The highest BCUT2D eigenvalue weighted by Crippen LogP contribution is 2.24. The molecule has 1 aromatic rings. The van der Waals surface area contributed by atoms with Crippen molar-refractivity contribution in [1.82, 2.24) is 26.0 Å². The van der Waals surface area contributed by atoms with Crippen molar-refractivity contribution in [3.8, 4) is 5.75 Å². The molecule has 1 fully saturated rings. The number of rotatable bonds is 13. The van der Waals surface area contributed by atoms with Gasteiger partial charge in [0.15, 0.2) is 0 Å². The zero-order chi connectivity index (χ0) is 46.8. The van der Waals surface area contributed by atoms with Gasteiger partial charge in [0.25, 0.3) is 5.91 Å². The van der Waals surface area contributed by atoms with Crippen molar-refractivity contribution in [3.63, 3.8) is 0 Å². The molecule has 0 spiro atoms. The number of phenolic OH excluding ortho intramolecular Hbond substituents is 1. The summed E-state index contributed by atoms with van der Waals surface area (Å²) < 4.78 is 6.13. The molecular formula is C49H73N5O9. The fourth-order valence-corrected chi connectivity index (χ4v) is 7.66. The second-order valence-electron chi connectivity index (χ2n) is 18.3. The number of allylic oxidation sites excluding steroid dienone is 5. The Bertz CT molecular complexity index is 1830. The van der Waals surface area contributed by atoms with E-state index in [9.17, 15) is 39.0 Å². The van der Waals surface area contributed by atoms with Gasteiger partial charge in [-0.2, -0.15) is 0 Å². The maximum Gasteiger partial charge on any atom is 0.325 e. The van der Waals surface area contributed by atoms with Crippen LogP contribution in [0.2, 0.25) is 0 Å². The predicted molar refractivity (Wildman–Crippen MR) is 244 cm³/mol. The van der Waals surface area contributed by atoms with E-state index in [4.69, 9.17) is 4.74 Å². The maximum absolute atomic E-state index is 14.4. The van der Waals surface area contributed by atoms with Crippen LogP contribution in [0.4, 0.5) is 0 Å². The third-order valence-corrected chi connectivity index (χ3v) is 11.2. The number of aliphatic hydroxyl groups is 1. The van der Waals surface area contributed by atoms with Gasteiger partial charge in [-0.25, -0.2) is 5.43 Å². The van der Waals surface area contributed by atoms with E-state index in [2.05, 4.69) is 43.8 Å². The minimum Gasteiger partial charge on any atom is -0.508 e. The Balaban J connectivity index is 2.04. The molecule has 1 aromatic carbocycles. The van der Waals surface area contributed by atoms with Crippen LogP contribution in [0.1, 0.15) is 106 Å². The number of nitrogens with zero attached hydrogens (tertiary/aromatic N) is 2. The summed E-state index contributed by atoms with van der Waals surface area (Å²) in [6.07, 6.45) is 12.1. The molecule has 63 heavy (non-hydrogen) atoms. The third kappa shape index (κ3) is 17.5. The van der Waals surface area contributed by atoms with Crippen LogP contribution < -0.4 is 16.1 Å². The quantitative estimate of drug-likeness (QED) is 0.0960. The number of cyclic esters (lactones) is 1. The normalized spacial score (nSPS) is 25.1. The summed E-state index contributed by atoms with van der Waals surface area (Å²) >= 11 is 0. The van der Waals surface area contributed by atoms with Crippen LogP contribution in [0, 0.1) is 29.6 Å². The van der Waals surface area contributed by atoms with Gasteiger partial charge in [-0.05, 0) is 86.5 Å². The number of fused-ring (bicyclic) bond motifs is 2. The molecule has 7 atom stereocenters. The molecular weight excluding hydrogens is 803 g/mol. The highest BCUT2D eigenvalue weighted by molar-refractivity contribution is 5.93. The molecule has 4 amide bonds. The number of carbonyl (C=O) groups excluding carboxylic acids is 6. The number of aliphatic hydroxyl groups excluding tert-OH is 1. The van der Waals surface area contributed by atoms with Crippen molar-refractivity contribution in [2.75, 3.05) is 19.6 Å². The van der Waals surface area contributed by atoms with E-state index in [1.807, 2.05) is 43.1 Å². The van der Waals surface area contributed by atoms with Gasteiger partial charge >= 0.3 is 5.97 Å². The number of nitrogens with one attached hydrogen (secondary N) is 3. The lowest BCUT2D eigenvalue weighted by atomic mass is 9.85. The van der Waals surface area contributed by atoms with Crippen LogP contribution in [-0.2, 0) is 39.9 Å². The highest BCUT2D eigenvalue weighted by atomic mass is 16.5. The van der Waals surface area contributed by atoms with Gasteiger partial charge in [0.2, 0.25) is 17.7 Å². The van der Waals surface area contributed by atoms with Crippen LogP contribution in [-0.4, -0.2) is 105 Å². The van der Waals surface area contributed by atoms with Crippen molar-refractivity contribution in [2.45, 2.75) is 138 Å². The first-order valence-corrected chi connectivity index (χ1v) is 22.6. The number of amides is 4. The molecule has 0 aliphatic carbocycles. The number of ether oxygens (including phenoxy) is 1. The number of hydrogen-bond acceptors (Lipinski definition) is 10. The van der Waals surface area contributed by atoms with Crippen LogP contribution in [0.3, 0.4) is 0 Å². The number of hydrazine groups is 1.